The van der Waals surface area contributed by atoms with Crippen LogP contribution in [0.2, 0.25) is 0 Å². The molecular formula is C4H10N2O3S2. The van der Waals surface area contributed by atoms with Gasteiger partial charge in [-0.15, -0.1) is 12.6 Å². The summed E-state index contributed by atoms with van der Waals surface area (Å²) in [5.74, 6) is 0. The van der Waals surface area contributed by atoms with Crippen LogP contribution >= 0.6 is 12.6 Å². The van der Waals surface area contributed by atoms with Gasteiger partial charge >= 0.3 is 0 Å². The summed E-state index contributed by atoms with van der Waals surface area (Å²) in [7, 11) is -3.55. The van der Waals surface area contributed by atoms with Crippen molar-refractivity contribution in [1.82, 2.24) is 4.31 Å². The van der Waals surface area contributed by atoms with Gasteiger partial charge in [0.05, 0.1) is 13.2 Å². The van der Waals surface area contributed by atoms with Gasteiger partial charge < -0.3 is 4.74 Å². The lowest BCUT2D eigenvalue weighted by Crippen LogP contribution is -2.46. The fraction of sp³-hybridized carbons (Fsp3) is 1.00. The number of rotatable bonds is 1. The zero-order valence-electron chi connectivity index (χ0n) is 5.80. The maximum Gasteiger partial charge on any atom is 0.277 e. The number of nitrogens with zero attached hydrogens (tertiary/aromatic N) is 1. The molecule has 0 radical (unpaired) electrons. The third-order valence-corrected chi connectivity index (χ3v) is 2.73. The fourth-order valence-corrected chi connectivity index (χ4v) is 1.93. The Balaban J connectivity index is 2.60. The molecule has 1 heterocycles. The normalized spacial score (nSPS) is 28.7. The molecule has 1 rings (SSSR count). The highest BCUT2D eigenvalue weighted by molar-refractivity contribution is 7.86. The summed E-state index contributed by atoms with van der Waals surface area (Å²) in [6.45, 7) is 0.891. The topological polar surface area (TPSA) is 72.6 Å². The van der Waals surface area contributed by atoms with E-state index in [9.17, 15) is 8.42 Å². The quantitative estimate of drug-likeness (QED) is 0.519. The first kappa shape index (κ1) is 9.27. The number of ether oxygens (including phenoxy) is 1. The Bertz CT molecular complexity index is 227. The Morgan fingerprint density at radius 3 is 2.64 bits per heavy atom. The third kappa shape index (κ3) is 2.60. The minimum Gasteiger partial charge on any atom is -0.365 e. The van der Waals surface area contributed by atoms with E-state index in [1.165, 1.54) is 0 Å². The lowest BCUT2D eigenvalue weighted by Gasteiger charge is -2.27. The van der Waals surface area contributed by atoms with Crippen molar-refractivity contribution < 1.29 is 13.2 Å². The van der Waals surface area contributed by atoms with Crippen molar-refractivity contribution in [3.05, 3.63) is 0 Å². The zero-order valence-corrected chi connectivity index (χ0v) is 7.51. The highest BCUT2D eigenvalue weighted by Crippen LogP contribution is 2.09. The zero-order chi connectivity index (χ0) is 8.48. The molecule has 0 bridgehead atoms. The Labute approximate surface area is 71.1 Å². The van der Waals surface area contributed by atoms with Gasteiger partial charge in [-0.05, 0) is 0 Å². The van der Waals surface area contributed by atoms with Crippen molar-refractivity contribution in [2.75, 3.05) is 19.7 Å². The molecule has 0 aromatic heterocycles. The van der Waals surface area contributed by atoms with Gasteiger partial charge in [0.15, 0.2) is 0 Å². The predicted molar refractivity (Wildman–Crippen MR) is 43.4 cm³/mol. The summed E-state index contributed by atoms with van der Waals surface area (Å²) in [6, 6.07) is 0. The molecule has 0 amide bonds. The molecule has 66 valence electrons. The van der Waals surface area contributed by atoms with Crippen molar-refractivity contribution in [3.63, 3.8) is 0 Å². The molecule has 1 unspecified atom stereocenters. The lowest BCUT2D eigenvalue weighted by molar-refractivity contribution is 0.0521. The maximum atomic E-state index is 10.7. The smallest absolute Gasteiger partial charge is 0.277 e. The second-order valence-electron chi connectivity index (χ2n) is 2.23. The molecule has 2 N–H and O–H groups in total. The van der Waals surface area contributed by atoms with Crippen LogP contribution in [0.5, 0.6) is 0 Å². The van der Waals surface area contributed by atoms with Crippen LogP contribution in [0.4, 0.5) is 0 Å². The van der Waals surface area contributed by atoms with E-state index in [1.807, 2.05) is 0 Å². The van der Waals surface area contributed by atoms with Gasteiger partial charge in [0.1, 0.15) is 5.44 Å². The Morgan fingerprint density at radius 1 is 1.64 bits per heavy atom. The predicted octanol–water partition coefficient (Wildman–Crippen LogP) is -1.22. The highest BCUT2D eigenvalue weighted by atomic mass is 32.2. The molecule has 1 aliphatic rings. The SMILES string of the molecule is NS(=O)(=O)N1CCOC(S)C1. The van der Waals surface area contributed by atoms with E-state index in [1.54, 1.807) is 0 Å². The van der Waals surface area contributed by atoms with Crippen LogP contribution in [0.1, 0.15) is 0 Å². The molecule has 5 nitrogen and oxygen atoms in total. The van der Waals surface area contributed by atoms with Gasteiger partial charge in [0, 0.05) is 6.54 Å². The third-order valence-electron chi connectivity index (χ3n) is 1.37. The van der Waals surface area contributed by atoms with Crippen LogP contribution < -0.4 is 5.14 Å². The number of hydrogen-bond donors (Lipinski definition) is 2. The van der Waals surface area contributed by atoms with Gasteiger partial charge in [-0.3, -0.25) is 0 Å². The first-order valence-corrected chi connectivity index (χ1v) is 5.09. The van der Waals surface area contributed by atoms with Crippen LogP contribution in [-0.4, -0.2) is 37.9 Å². The second kappa shape index (κ2) is 3.28. The Kier molecular flexibility index (Phi) is 2.76. The summed E-state index contributed by atoms with van der Waals surface area (Å²) < 4.78 is 27.6. The van der Waals surface area contributed by atoms with E-state index in [0.29, 0.717) is 13.2 Å². The number of hydrogen-bond acceptors (Lipinski definition) is 4. The van der Waals surface area contributed by atoms with Crippen molar-refractivity contribution in [2.45, 2.75) is 5.44 Å². The van der Waals surface area contributed by atoms with Gasteiger partial charge in [0.2, 0.25) is 0 Å². The molecule has 0 aromatic rings. The molecule has 1 saturated heterocycles. The first-order chi connectivity index (χ1) is 5.00. The Hall–Kier alpha value is 0.180. The fourth-order valence-electron chi connectivity index (χ4n) is 0.840. The summed E-state index contributed by atoms with van der Waals surface area (Å²) in [5, 5.41) is 4.88. The summed E-state index contributed by atoms with van der Waals surface area (Å²) in [5.41, 5.74) is -0.359. The summed E-state index contributed by atoms with van der Waals surface area (Å²) >= 11 is 3.97. The molecule has 0 aromatic carbocycles. The maximum absolute atomic E-state index is 10.7. The average molecular weight is 198 g/mol. The van der Waals surface area contributed by atoms with E-state index in [0.717, 1.165) is 4.31 Å². The molecule has 0 spiro atoms. The molecule has 1 atom stereocenters. The minimum absolute atomic E-state index is 0.224. The van der Waals surface area contributed by atoms with Crippen molar-refractivity contribution >= 4 is 22.8 Å². The molecular weight excluding hydrogens is 188 g/mol. The average Bonchev–Trinajstić information content (AvgIpc) is 1.86. The number of nitrogens with two attached hydrogens (primary N) is 1. The summed E-state index contributed by atoms with van der Waals surface area (Å²) in [4.78, 5) is 0. The monoisotopic (exact) mass is 198 g/mol. The van der Waals surface area contributed by atoms with Crippen molar-refractivity contribution in [1.29, 1.82) is 0 Å². The van der Waals surface area contributed by atoms with E-state index in [2.05, 4.69) is 12.6 Å². The van der Waals surface area contributed by atoms with Crippen molar-refractivity contribution in [3.8, 4) is 0 Å². The van der Waals surface area contributed by atoms with Crippen LogP contribution in [0, 0.1) is 0 Å². The molecule has 0 saturated carbocycles. The Morgan fingerprint density at radius 2 is 2.27 bits per heavy atom. The highest BCUT2D eigenvalue weighted by Gasteiger charge is 2.24. The van der Waals surface area contributed by atoms with Crippen LogP contribution in [0.3, 0.4) is 0 Å². The van der Waals surface area contributed by atoms with Gasteiger partial charge in [-0.1, -0.05) is 0 Å². The molecule has 0 aliphatic carbocycles. The van der Waals surface area contributed by atoms with E-state index in [-0.39, 0.29) is 12.0 Å². The van der Waals surface area contributed by atoms with Crippen LogP contribution in [0.25, 0.3) is 0 Å². The molecule has 1 fully saturated rings. The standard InChI is InChI=1S/C4H10N2O3S2/c5-11(7,8)6-1-2-9-4(10)3-6/h4,10H,1-3H2,(H2,5,7,8). The number of morpholine rings is 1. The van der Waals surface area contributed by atoms with Crippen LogP contribution in [0.15, 0.2) is 0 Å². The molecule has 7 heteroatoms. The number of thiol groups is 1. The van der Waals surface area contributed by atoms with E-state index < -0.39 is 10.2 Å². The van der Waals surface area contributed by atoms with E-state index in [4.69, 9.17) is 9.88 Å². The van der Waals surface area contributed by atoms with E-state index >= 15 is 0 Å². The lowest BCUT2D eigenvalue weighted by atomic mass is 10.5. The van der Waals surface area contributed by atoms with Gasteiger partial charge in [-0.2, -0.15) is 12.7 Å². The minimum atomic E-state index is -3.55. The largest absolute Gasteiger partial charge is 0.365 e. The van der Waals surface area contributed by atoms with Crippen molar-refractivity contribution in [2.24, 2.45) is 5.14 Å². The van der Waals surface area contributed by atoms with Crippen LogP contribution in [-0.2, 0) is 14.9 Å². The van der Waals surface area contributed by atoms with Gasteiger partial charge in [-0.25, -0.2) is 5.14 Å². The second-order valence-corrected chi connectivity index (χ2v) is 4.35. The van der Waals surface area contributed by atoms with Gasteiger partial charge in [0.25, 0.3) is 10.2 Å². The first-order valence-electron chi connectivity index (χ1n) is 3.07. The molecule has 11 heavy (non-hydrogen) atoms. The molecule has 1 aliphatic heterocycles. The summed E-state index contributed by atoms with van der Waals surface area (Å²) in [6.07, 6.45) is 0.